The number of aliphatic hydroxyl groups is 1. The molecule has 0 unspecified atom stereocenters. The Bertz CT molecular complexity index is 973. The zero-order chi connectivity index (χ0) is 19.2. The Morgan fingerprint density at radius 1 is 1.26 bits per heavy atom. The molecule has 0 aliphatic carbocycles. The van der Waals surface area contributed by atoms with Gasteiger partial charge in [-0.1, -0.05) is 48.5 Å². The lowest BCUT2D eigenvalue weighted by Crippen LogP contribution is -2.29. The molecular formula is C20H21ClN2O3S. The van der Waals surface area contributed by atoms with Crippen molar-refractivity contribution in [3.63, 3.8) is 0 Å². The van der Waals surface area contributed by atoms with Gasteiger partial charge in [0.15, 0.2) is 5.16 Å². The molecule has 0 amide bonds. The quantitative estimate of drug-likeness (QED) is 0.347. The van der Waals surface area contributed by atoms with Crippen LogP contribution < -0.4 is 10.3 Å². The van der Waals surface area contributed by atoms with Crippen molar-refractivity contribution < 1.29 is 9.84 Å². The number of halogens is 1. The van der Waals surface area contributed by atoms with E-state index in [2.05, 4.69) is 4.98 Å². The van der Waals surface area contributed by atoms with Crippen LogP contribution in [0, 0.1) is 0 Å². The minimum atomic E-state index is -0.300. The Hall–Kier alpha value is -2.02. The number of aromatic nitrogens is 2. The van der Waals surface area contributed by atoms with Crippen LogP contribution in [0.15, 0.2) is 58.5 Å². The number of nitrogens with zero attached hydrogens (tertiary/aromatic N) is 2. The van der Waals surface area contributed by atoms with Crippen LogP contribution >= 0.6 is 23.4 Å². The fourth-order valence-electron chi connectivity index (χ4n) is 2.79. The van der Waals surface area contributed by atoms with Crippen LogP contribution in [0.5, 0.6) is 5.75 Å². The summed E-state index contributed by atoms with van der Waals surface area (Å²) < 4.78 is 7.31. The molecule has 142 valence electrons. The van der Waals surface area contributed by atoms with E-state index in [1.807, 2.05) is 37.3 Å². The van der Waals surface area contributed by atoms with Gasteiger partial charge in [-0.25, -0.2) is 4.98 Å². The molecule has 7 heteroatoms. The standard InChI is InChI=1S/C20H21ClN2O3S/c1-2-15(13-24)23-19(25)17-8-3-4-9-18(17)22-20(23)27-11-10-26-16-7-5-6-14(21)12-16/h3-9,12,15,24H,2,10-11,13H2,1H3/t15-/m0/s1. The van der Waals surface area contributed by atoms with Crippen LogP contribution in [0.25, 0.3) is 10.9 Å². The number of benzene rings is 2. The topological polar surface area (TPSA) is 64.3 Å². The fourth-order valence-corrected chi connectivity index (χ4v) is 3.86. The maximum atomic E-state index is 13.0. The third-order valence-corrected chi connectivity index (χ3v) is 5.35. The Kier molecular flexibility index (Phi) is 6.77. The van der Waals surface area contributed by atoms with Gasteiger partial charge >= 0.3 is 0 Å². The molecule has 1 heterocycles. The second-order valence-electron chi connectivity index (χ2n) is 5.99. The van der Waals surface area contributed by atoms with Crippen molar-refractivity contribution in [3.8, 4) is 5.75 Å². The molecule has 0 fully saturated rings. The van der Waals surface area contributed by atoms with E-state index in [-0.39, 0.29) is 18.2 Å². The van der Waals surface area contributed by atoms with E-state index in [1.165, 1.54) is 11.8 Å². The van der Waals surface area contributed by atoms with Crippen molar-refractivity contribution in [3.05, 3.63) is 63.9 Å². The maximum Gasteiger partial charge on any atom is 0.262 e. The smallest absolute Gasteiger partial charge is 0.262 e. The first-order valence-electron chi connectivity index (χ1n) is 8.77. The highest BCUT2D eigenvalue weighted by Gasteiger charge is 2.17. The largest absolute Gasteiger partial charge is 0.493 e. The summed E-state index contributed by atoms with van der Waals surface area (Å²) in [5.74, 6) is 1.31. The highest BCUT2D eigenvalue weighted by atomic mass is 35.5. The minimum Gasteiger partial charge on any atom is -0.493 e. The van der Waals surface area contributed by atoms with Gasteiger partial charge in [0.05, 0.1) is 30.2 Å². The predicted molar refractivity (Wildman–Crippen MR) is 110 cm³/mol. The molecule has 1 N–H and O–H groups in total. The molecule has 27 heavy (non-hydrogen) atoms. The van der Waals surface area contributed by atoms with Gasteiger partial charge in [-0.2, -0.15) is 0 Å². The van der Waals surface area contributed by atoms with Gasteiger partial charge in [0.2, 0.25) is 0 Å². The summed E-state index contributed by atoms with van der Waals surface area (Å²) in [6.45, 7) is 2.28. The first kappa shape index (κ1) is 19.7. The van der Waals surface area contributed by atoms with Crippen LogP contribution in [-0.2, 0) is 0 Å². The molecule has 0 saturated carbocycles. The zero-order valence-corrected chi connectivity index (χ0v) is 16.5. The second kappa shape index (κ2) is 9.26. The number of thioether (sulfide) groups is 1. The van der Waals surface area contributed by atoms with Crippen molar-refractivity contribution in [2.24, 2.45) is 0 Å². The lowest BCUT2D eigenvalue weighted by atomic mass is 10.2. The van der Waals surface area contributed by atoms with E-state index in [0.717, 1.165) is 0 Å². The average molecular weight is 405 g/mol. The van der Waals surface area contributed by atoms with Gasteiger partial charge in [0.25, 0.3) is 5.56 Å². The summed E-state index contributed by atoms with van der Waals surface area (Å²) in [7, 11) is 0. The molecule has 1 atom stereocenters. The van der Waals surface area contributed by atoms with Crippen LogP contribution in [-0.4, -0.2) is 33.6 Å². The number of hydrogen-bond donors (Lipinski definition) is 1. The van der Waals surface area contributed by atoms with E-state index < -0.39 is 0 Å². The number of aliphatic hydroxyl groups excluding tert-OH is 1. The van der Waals surface area contributed by atoms with E-state index >= 15 is 0 Å². The van der Waals surface area contributed by atoms with Gasteiger partial charge in [-0.3, -0.25) is 9.36 Å². The molecule has 0 radical (unpaired) electrons. The molecule has 0 saturated heterocycles. The van der Waals surface area contributed by atoms with Gasteiger partial charge in [-0.05, 0) is 36.8 Å². The lowest BCUT2D eigenvalue weighted by molar-refractivity contribution is 0.213. The molecule has 2 aromatic carbocycles. The van der Waals surface area contributed by atoms with E-state index in [1.54, 1.807) is 22.8 Å². The number of para-hydroxylation sites is 1. The summed E-state index contributed by atoms with van der Waals surface area (Å²) in [5, 5.41) is 11.5. The molecule has 3 aromatic rings. The Balaban J connectivity index is 1.81. The van der Waals surface area contributed by atoms with Crippen molar-refractivity contribution in [2.45, 2.75) is 24.5 Å². The molecule has 1 aromatic heterocycles. The van der Waals surface area contributed by atoms with Crippen LogP contribution in [0.2, 0.25) is 5.02 Å². The fraction of sp³-hybridized carbons (Fsp3) is 0.300. The third-order valence-electron chi connectivity index (χ3n) is 4.20. The summed E-state index contributed by atoms with van der Waals surface area (Å²) in [6.07, 6.45) is 0.642. The van der Waals surface area contributed by atoms with Crippen LogP contribution in [0.1, 0.15) is 19.4 Å². The van der Waals surface area contributed by atoms with E-state index in [9.17, 15) is 9.90 Å². The molecule has 3 rings (SSSR count). The van der Waals surface area contributed by atoms with Crippen molar-refractivity contribution in [1.82, 2.24) is 9.55 Å². The minimum absolute atomic E-state index is 0.108. The number of hydrogen-bond acceptors (Lipinski definition) is 5. The summed E-state index contributed by atoms with van der Waals surface area (Å²) in [5.41, 5.74) is 0.532. The van der Waals surface area contributed by atoms with Gasteiger partial charge in [0, 0.05) is 10.8 Å². The van der Waals surface area contributed by atoms with Crippen molar-refractivity contribution in [2.75, 3.05) is 19.0 Å². The molecular weight excluding hydrogens is 384 g/mol. The second-order valence-corrected chi connectivity index (χ2v) is 7.48. The number of rotatable bonds is 8. The molecule has 0 bridgehead atoms. The summed E-state index contributed by atoms with van der Waals surface area (Å²) in [6, 6.07) is 14.2. The van der Waals surface area contributed by atoms with Gasteiger partial charge in [-0.15, -0.1) is 0 Å². The zero-order valence-electron chi connectivity index (χ0n) is 15.0. The van der Waals surface area contributed by atoms with Crippen molar-refractivity contribution >= 4 is 34.3 Å². The monoisotopic (exact) mass is 404 g/mol. The van der Waals surface area contributed by atoms with Gasteiger partial charge < -0.3 is 9.84 Å². The first-order valence-corrected chi connectivity index (χ1v) is 10.1. The maximum absolute atomic E-state index is 13.0. The SMILES string of the molecule is CC[C@@H](CO)n1c(SCCOc2cccc(Cl)c2)nc2ccccc2c1=O. The normalized spacial score (nSPS) is 12.3. The average Bonchev–Trinajstić information content (AvgIpc) is 2.68. The number of fused-ring (bicyclic) bond motifs is 1. The van der Waals surface area contributed by atoms with E-state index in [0.29, 0.717) is 45.6 Å². The molecule has 0 aliphatic rings. The highest BCUT2D eigenvalue weighted by molar-refractivity contribution is 7.99. The first-order chi connectivity index (χ1) is 13.1. The Labute approximate surface area is 167 Å². The summed E-state index contributed by atoms with van der Waals surface area (Å²) >= 11 is 7.40. The Morgan fingerprint density at radius 3 is 2.81 bits per heavy atom. The van der Waals surface area contributed by atoms with E-state index in [4.69, 9.17) is 16.3 Å². The summed E-state index contributed by atoms with van der Waals surface area (Å²) in [4.78, 5) is 17.6. The molecule has 0 aliphatic heterocycles. The lowest BCUT2D eigenvalue weighted by Gasteiger charge is -2.20. The molecule has 0 spiro atoms. The third kappa shape index (κ3) is 4.64. The van der Waals surface area contributed by atoms with Crippen LogP contribution in [0.3, 0.4) is 0 Å². The highest BCUT2D eigenvalue weighted by Crippen LogP contribution is 2.23. The predicted octanol–water partition coefficient (Wildman–Crippen LogP) is 4.16. The number of ether oxygens (including phenoxy) is 1. The van der Waals surface area contributed by atoms with Crippen LogP contribution in [0.4, 0.5) is 0 Å². The van der Waals surface area contributed by atoms with Crippen molar-refractivity contribution in [1.29, 1.82) is 0 Å². The Morgan fingerprint density at radius 2 is 2.07 bits per heavy atom. The molecule has 5 nitrogen and oxygen atoms in total. The van der Waals surface area contributed by atoms with Gasteiger partial charge in [0.1, 0.15) is 5.75 Å².